The molecule has 33 heavy (non-hydrogen) atoms. The summed E-state index contributed by atoms with van der Waals surface area (Å²) >= 11 is 3.31. The van der Waals surface area contributed by atoms with Crippen LogP contribution in [-0.4, -0.2) is 46.9 Å². The molecule has 0 unspecified atom stereocenters. The van der Waals surface area contributed by atoms with Crippen LogP contribution >= 0.6 is 15.9 Å². The van der Waals surface area contributed by atoms with Gasteiger partial charge in [0.15, 0.2) is 0 Å². The van der Waals surface area contributed by atoms with Gasteiger partial charge < -0.3 is 9.64 Å². The van der Waals surface area contributed by atoms with E-state index in [0.717, 1.165) is 5.56 Å². The van der Waals surface area contributed by atoms with Crippen molar-refractivity contribution in [1.29, 1.82) is 0 Å². The van der Waals surface area contributed by atoms with Crippen LogP contribution in [0.2, 0.25) is 0 Å². The molecule has 1 aliphatic carbocycles. The molecule has 1 aromatic rings. The van der Waals surface area contributed by atoms with Crippen molar-refractivity contribution < 1.29 is 27.9 Å². The maximum atomic E-state index is 13.6. The van der Waals surface area contributed by atoms with Crippen LogP contribution in [-0.2, 0) is 9.53 Å². The number of carbonyl (C=O) groups is 3. The van der Waals surface area contributed by atoms with Gasteiger partial charge in [0.25, 0.3) is 5.91 Å². The minimum atomic E-state index is -2.71. The number of aryl methyl sites for hydroxylation is 1. The first kappa shape index (κ1) is 27.0. The van der Waals surface area contributed by atoms with Crippen molar-refractivity contribution in [3.63, 3.8) is 0 Å². The maximum absolute atomic E-state index is 13.6. The number of nitrogens with zero attached hydrogens (tertiary/aromatic N) is 1. The number of ether oxygens (including phenoxy) is 1. The monoisotopic (exact) mass is 531 g/mol. The second-order valence-corrected chi connectivity index (χ2v) is 10.2. The fourth-order valence-corrected chi connectivity index (χ4v) is 3.99. The van der Waals surface area contributed by atoms with E-state index in [2.05, 4.69) is 26.8 Å². The van der Waals surface area contributed by atoms with Gasteiger partial charge in [-0.2, -0.15) is 0 Å². The number of halogens is 3. The predicted molar refractivity (Wildman–Crippen MR) is 124 cm³/mol. The molecule has 184 valence electrons. The number of amides is 3. The Hall–Kier alpha value is -2.23. The van der Waals surface area contributed by atoms with Gasteiger partial charge in [0.2, 0.25) is 11.8 Å². The van der Waals surface area contributed by atoms with Crippen molar-refractivity contribution in [1.82, 2.24) is 15.8 Å². The van der Waals surface area contributed by atoms with Crippen molar-refractivity contribution in [2.45, 2.75) is 83.8 Å². The molecule has 0 spiro atoms. The Labute approximate surface area is 201 Å². The van der Waals surface area contributed by atoms with E-state index in [4.69, 9.17) is 4.74 Å². The third kappa shape index (κ3) is 8.91. The molecule has 1 saturated carbocycles. The SMILES string of the molecule is Cc1ccc(Br)c(C(=O)NNC(=O)CCCN(C(=O)OC(C)(C)C)C2CCC(F)(F)CC2)c1. The molecule has 2 N–H and O–H groups in total. The lowest BCUT2D eigenvalue weighted by Crippen LogP contribution is -2.47. The fraction of sp³-hybridized carbons (Fsp3) is 0.609. The van der Waals surface area contributed by atoms with Gasteiger partial charge in [-0.1, -0.05) is 11.6 Å². The summed E-state index contributed by atoms with van der Waals surface area (Å²) in [4.78, 5) is 38.6. The van der Waals surface area contributed by atoms with Crippen LogP contribution < -0.4 is 10.9 Å². The minimum absolute atomic E-state index is 0.0391. The first-order chi connectivity index (χ1) is 15.3. The zero-order valence-corrected chi connectivity index (χ0v) is 21.1. The minimum Gasteiger partial charge on any atom is -0.444 e. The summed E-state index contributed by atoms with van der Waals surface area (Å²) in [7, 11) is 0. The zero-order chi connectivity index (χ0) is 24.8. The largest absolute Gasteiger partial charge is 0.444 e. The fourth-order valence-electron chi connectivity index (χ4n) is 3.56. The molecule has 1 aliphatic rings. The van der Waals surface area contributed by atoms with Gasteiger partial charge in [0.05, 0.1) is 5.56 Å². The molecule has 0 aliphatic heterocycles. The zero-order valence-electron chi connectivity index (χ0n) is 19.5. The van der Waals surface area contributed by atoms with Crippen LogP contribution in [0.4, 0.5) is 13.6 Å². The van der Waals surface area contributed by atoms with E-state index in [0.29, 0.717) is 16.5 Å². The lowest BCUT2D eigenvalue weighted by molar-refractivity contribution is -0.122. The Bertz CT molecular complexity index is 864. The second kappa shape index (κ2) is 11.3. The van der Waals surface area contributed by atoms with Crippen molar-refractivity contribution >= 4 is 33.8 Å². The van der Waals surface area contributed by atoms with Crippen molar-refractivity contribution in [2.75, 3.05) is 6.54 Å². The number of hydrazine groups is 1. The number of hydrogen-bond donors (Lipinski definition) is 2. The van der Waals surface area contributed by atoms with Gasteiger partial charge >= 0.3 is 6.09 Å². The van der Waals surface area contributed by atoms with Gasteiger partial charge in [0, 0.05) is 36.3 Å². The van der Waals surface area contributed by atoms with Gasteiger partial charge in [-0.3, -0.25) is 20.4 Å². The number of carbonyl (C=O) groups excluding carboxylic acids is 3. The predicted octanol–water partition coefficient (Wildman–Crippen LogP) is 5.11. The Morgan fingerprint density at radius 1 is 1.18 bits per heavy atom. The van der Waals surface area contributed by atoms with E-state index >= 15 is 0 Å². The Morgan fingerprint density at radius 3 is 2.42 bits per heavy atom. The number of alkyl halides is 2. The Morgan fingerprint density at radius 2 is 1.82 bits per heavy atom. The molecule has 0 radical (unpaired) electrons. The van der Waals surface area contributed by atoms with Gasteiger partial charge in [0.1, 0.15) is 5.60 Å². The second-order valence-electron chi connectivity index (χ2n) is 9.35. The van der Waals surface area contributed by atoms with Gasteiger partial charge in [-0.25, -0.2) is 13.6 Å². The summed E-state index contributed by atoms with van der Waals surface area (Å²) in [5.74, 6) is -3.59. The van der Waals surface area contributed by atoms with E-state index in [1.807, 2.05) is 13.0 Å². The van der Waals surface area contributed by atoms with E-state index < -0.39 is 29.4 Å². The Kier molecular flexibility index (Phi) is 9.22. The topological polar surface area (TPSA) is 87.7 Å². The highest BCUT2D eigenvalue weighted by Crippen LogP contribution is 2.35. The van der Waals surface area contributed by atoms with E-state index in [1.165, 1.54) is 4.90 Å². The maximum Gasteiger partial charge on any atom is 0.410 e. The molecule has 0 aromatic heterocycles. The molecule has 10 heteroatoms. The van der Waals surface area contributed by atoms with Crippen LogP contribution in [0, 0.1) is 6.92 Å². The third-order valence-electron chi connectivity index (χ3n) is 5.24. The van der Waals surface area contributed by atoms with E-state index in [1.54, 1.807) is 32.9 Å². The van der Waals surface area contributed by atoms with Crippen LogP contribution in [0.3, 0.4) is 0 Å². The molecule has 0 saturated heterocycles. The highest BCUT2D eigenvalue weighted by molar-refractivity contribution is 9.10. The van der Waals surface area contributed by atoms with Crippen molar-refractivity contribution in [2.24, 2.45) is 0 Å². The lowest BCUT2D eigenvalue weighted by Gasteiger charge is -2.37. The molecule has 0 atom stereocenters. The van der Waals surface area contributed by atoms with E-state index in [9.17, 15) is 23.2 Å². The van der Waals surface area contributed by atoms with E-state index in [-0.39, 0.29) is 44.7 Å². The first-order valence-electron chi connectivity index (χ1n) is 11.0. The summed E-state index contributed by atoms with van der Waals surface area (Å²) in [5, 5.41) is 0. The van der Waals surface area contributed by atoms with Crippen molar-refractivity contribution in [3.05, 3.63) is 33.8 Å². The highest BCUT2D eigenvalue weighted by Gasteiger charge is 2.39. The normalized spacial score (nSPS) is 16.1. The quantitative estimate of drug-likeness (QED) is 0.499. The molecule has 3 amide bonds. The number of nitrogens with one attached hydrogen (secondary N) is 2. The third-order valence-corrected chi connectivity index (χ3v) is 5.93. The smallest absolute Gasteiger partial charge is 0.410 e. The van der Waals surface area contributed by atoms with Gasteiger partial charge in [-0.05, 0) is 75.0 Å². The highest BCUT2D eigenvalue weighted by atomic mass is 79.9. The van der Waals surface area contributed by atoms with Crippen molar-refractivity contribution in [3.8, 4) is 0 Å². The summed E-state index contributed by atoms with van der Waals surface area (Å²) in [6.45, 7) is 7.25. The van der Waals surface area contributed by atoms with Crippen LogP contribution in [0.1, 0.15) is 75.2 Å². The number of benzene rings is 1. The molecule has 0 bridgehead atoms. The summed E-state index contributed by atoms with van der Waals surface area (Å²) in [5.41, 5.74) is 5.31. The number of rotatable bonds is 6. The lowest BCUT2D eigenvalue weighted by atomic mass is 9.91. The van der Waals surface area contributed by atoms with Crippen LogP contribution in [0.25, 0.3) is 0 Å². The average Bonchev–Trinajstić information content (AvgIpc) is 2.70. The standard InChI is InChI=1S/C23H32BrF2N3O4/c1-15-7-8-18(24)17(14-15)20(31)28-27-19(30)6-5-13-29(21(32)33-22(2,3)4)16-9-11-23(25,26)12-10-16/h7-8,14,16H,5-6,9-13H2,1-4H3,(H,27,30)(H,28,31). The molecular weight excluding hydrogens is 500 g/mol. The van der Waals surface area contributed by atoms with Crippen LogP contribution in [0.5, 0.6) is 0 Å². The average molecular weight is 532 g/mol. The summed E-state index contributed by atoms with van der Waals surface area (Å²) in [6.07, 6.45) is -0.439. The molecule has 1 aromatic carbocycles. The van der Waals surface area contributed by atoms with Crippen LogP contribution in [0.15, 0.2) is 22.7 Å². The van der Waals surface area contributed by atoms with Gasteiger partial charge in [-0.15, -0.1) is 0 Å². The summed E-state index contributed by atoms with van der Waals surface area (Å²) < 4.78 is 33.2. The molecule has 2 rings (SSSR count). The molecule has 1 fully saturated rings. The number of hydrogen-bond acceptors (Lipinski definition) is 4. The molecule has 7 nitrogen and oxygen atoms in total. The Balaban J connectivity index is 1.88. The first-order valence-corrected chi connectivity index (χ1v) is 11.8. The summed E-state index contributed by atoms with van der Waals surface area (Å²) in [6, 6.07) is 4.93. The molecular formula is C23H32BrF2N3O4. The molecule has 0 heterocycles.